The van der Waals surface area contributed by atoms with Gasteiger partial charge in [-0.2, -0.15) is 0 Å². The first kappa shape index (κ1) is 19.4. The van der Waals surface area contributed by atoms with E-state index in [0.29, 0.717) is 49.2 Å². The van der Waals surface area contributed by atoms with Crippen LogP contribution in [0.3, 0.4) is 0 Å². The average Bonchev–Trinajstić information content (AvgIpc) is 2.69. The Labute approximate surface area is 168 Å². The minimum Gasteiger partial charge on any atom is -0.366 e. The van der Waals surface area contributed by atoms with Gasteiger partial charge < -0.3 is 19.9 Å². The minimum atomic E-state index is -0.370. The molecule has 3 fully saturated rings. The van der Waals surface area contributed by atoms with E-state index >= 15 is 0 Å². The molecule has 0 saturated carbocycles. The molecule has 3 aliphatic rings. The Morgan fingerprint density at radius 2 is 2.04 bits per heavy atom. The number of piperidine rings is 2. The van der Waals surface area contributed by atoms with E-state index in [9.17, 15) is 14.0 Å². The molecule has 0 spiro atoms. The molecule has 3 saturated heterocycles. The third kappa shape index (κ3) is 4.22. The number of hydrogen-bond donors (Lipinski definition) is 1. The second kappa shape index (κ2) is 8.21. The van der Waals surface area contributed by atoms with Crippen molar-refractivity contribution in [3.63, 3.8) is 0 Å². The van der Waals surface area contributed by atoms with Crippen LogP contribution in [-0.4, -0.2) is 71.7 Å². The fraction of sp³-hybridized carbons (Fsp3) is 0.632. The summed E-state index contributed by atoms with van der Waals surface area (Å²) in [4.78, 5) is 32.2. The van der Waals surface area contributed by atoms with Gasteiger partial charge in [0.25, 0.3) is 0 Å². The Balaban J connectivity index is 1.28. The van der Waals surface area contributed by atoms with Gasteiger partial charge in [-0.1, -0.05) is 11.6 Å². The van der Waals surface area contributed by atoms with Crippen LogP contribution in [-0.2, 0) is 16.0 Å². The average molecular weight is 411 g/mol. The zero-order chi connectivity index (χ0) is 19.7. The molecule has 2 atom stereocenters. The van der Waals surface area contributed by atoms with Gasteiger partial charge in [-0.15, -0.1) is 0 Å². The first-order valence-corrected chi connectivity index (χ1v) is 10.1. The van der Waals surface area contributed by atoms with Gasteiger partial charge in [0.05, 0.1) is 22.9 Å². The number of fused-ring (bicyclic) bond motifs is 1. The smallest absolute Gasteiger partial charge is 0.320 e. The van der Waals surface area contributed by atoms with Crippen molar-refractivity contribution in [3.05, 3.63) is 28.8 Å². The van der Waals surface area contributed by atoms with E-state index in [2.05, 4.69) is 10.3 Å². The highest BCUT2D eigenvalue weighted by atomic mass is 35.5. The Hall–Kier alpha value is -1.93. The van der Waals surface area contributed by atoms with E-state index in [1.54, 1.807) is 4.90 Å². The normalized spacial score (nSPS) is 26.0. The third-order valence-corrected chi connectivity index (χ3v) is 6.05. The summed E-state index contributed by atoms with van der Waals surface area (Å²) in [6, 6.07) is 1.17. The monoisotopic (exact) mass is 410 g/mol. The number of morpholine rings is 1. The fourth-order valence-electron chi connectivity index (χ4n) is 4.27. The molecule has 9 heteroatoms. The van der Waals surface area contributed by atoms with Crippen molar-refractivity contribution in [3.8, 4) is 0 Å². The summed E-state index contributed by atoms with van der Waals surface area (Å²) in [5.41, 5.74) is 0.435. The number of ether oxygens (including phenoxy) is 1. The number of pyridine rings is 1. The number of aromatic nitrogens is 1. The molecule has 7 nitrogen and oxygen atoms in total. The number of nitrogens with zero attached hydrogens (tertiary/aromatic N) is 3. The number of carbonyl (C=O) groups excluding carboxylic acids is 2. The first-order valence-electron chi connectivity index (χ1n) is 9.74. The number of rotatable bonds is 2. The SMILES string of the molecule is O=C1CO[C@H]2CCN(C(=O)N3CCC(Cc4ncc(Cl)cc4F)CC3)C[C@H]2N1. The maximum atomic E-state index is 14.0. The fourth-order valence-corrected chi connectivity index (χ4v) is 4.41. The van der Waals surface area contributed by atoms with Crippen LogP contribution < -0.4 is 5.32 Å². The standard InChI is InChI=1S/C19H24ClFN4O3/c20-13-8-14(21)15(22-9-13)7-12-1-4-24(5-2-12)19(27)25-6-3-17-16(10-25)23-18(26)11-28-17/h8-9,12,16-17H,1-7,10-11H2,(H,23,26)/t16-,17+/m1/s1. The minimum absolute atomic E-state index is 0.00532. The first-order chi connectivity index (χ1) is 13.5. The van der Waals surface area contributed by atoms with Crippen molar-refractivity contribution in [2.75, 3.05) is 32.8 Å². The van der Waals surface area contributed by atoms with Crippen LogP contribution in [0.4, 0.5) is 9.18 Å². The highest BCUT2D eigenvalue weighted by Crippen LogP contribution is 2.25. The topological polar surface area (TPSA) is 74.8 Å². The summed E-state index contributed by atoms with van der Waals surface area (Å²) in [5, 5.41) is 3.22. The van der Waals surface area contributed by atoms with Crippen LogP contribution in [0, 0.1) is 11.7 Å². The Bertz CT molecular complexity index is 757. The van der Waals surface area contributed by atoms with Crippen LogP contribution in [0.15, 0.2) is 12.3 Å². The molecule has 4 rings (SSSR count). The second-order valence-corrected chi connectivity index (χ2v) is 8.19. The number of carbonyl (C=O) groups is 2. The highest BCUT2D eigenvalue weighted by Gasteiger charge is 2.38. The molecule has 3 aliphatic heterocycles. The molecule has 152 valence electrons. The largest absolute Gasteiger partial charge is 0.366 e. The van der Waals surface area contributed by atoms with Crippen LogP contribution >= 0.6 is 11.6 Å². The molecule has 0 radical (unpaired) electrons. The summed E-state index contributed by atoms with van der Waals surface area (Å²) in [6.45, 7) is 2.51. The Morgan fingerprint density at radius 1 is 1.29 bits per heavy atom. The van der Waals surface area contributed by atoms with Crippen molar-refractivity contribution in [1.82, 2.24) is 20.1 Å². The maximum Gasteiger partial charge on any atom is 0.320 e. The molecule has 0 aliphatic carbocycles. The van der Waals surface area contributed by atoms with Gasteiger partial charge in [0.1, 0.15) is 12.4 Å². The van der Waals surface area contributed by atoms with Crippen LogP contribution in [0.1, 0.15) is 25.0 Å². The van der Waals surface area contributed by atoms with E-state index < -0.39 is 0 Å². The van der Waals surface area contributed by atoms with Gasteiger partial charge in [-0.3, -0.25) is 9.78 Å². The number of amides is 3. The Morgan fingerprint density at radius 3 is 2.79 bits per heavy atom. The van der Waals surface area contributed by atoms with Gasteiger partial charge in [-0.05, 0) is 37.7 Å². The van der Waals surface area contributed by atoms with E-state index in [0.717, 1.165) is 19.3 Å². The van der Waals surface area contributed by atoms with E-state index in [4.69, 9.17) is 16.3 Å². The van der Waals surface area contributed by atoms with Crippen molar-refractivity contribution in [1.29, 1.82) is 0 Å². The number of likely N-dealkylation sites (tertiary alicyclic amines) is 2. The van der Waals surface area contributed by atoms with Crippen LogP contribution in [0.5, 0.6) is 0 Å². The molecule has 0 bridgehead atoms. The molecule has 4 heterocycles. The van der Waals surface area contributed by atoms with Gasteiger partial charge in [0.2, 0.25) is 5.91 Å². The van der Waals surface area contributed by atoms with E-state index in [1.807, 2.05) is 4.90 Å². The second-order valence-electron chi connectivity index (χ2n) is 7.76. The maximum absolute atomic E-state index is 14.0. The zero-order valence-electron chi connectivity index (χ0n) is 15.6. The molecule has 1 aromatic heterocycles. The molecule has 0 aromatic carbocycles. The molecular formula is C19H24ClFN4O3. The number of nitrogens with one attached hydrogen (secondary N) is 1. The number of hydrogen-bond acceptors (Lipinski definition) is 4. The number of halogens is 2. The van der Waals surface area contributed by atoms with Crippen LogP contribution in [0.25, 0.3) is 0 Å². The summed E-state index contributed by atoms with van der Waals surface area (Å²) < 4.78 is 19.5. The number of urea groups is 1. The lowest BCUT2D eigenvalue weighted by Gasteiger charge is -2.43. The van der Waals surface area contributed by atoms with E-state index in [1.165, 1.54) is 12.3 Å². The zero-order valence-corrected chi connectivity index (χ0v) is 16.3. The summed E-state index contributed by atoms with van der Waals surface area (Å²) >= 11 is 5.76. The van der Waals surface area contributed by atoms with E-state index in [-0.39, 0.29) is 36.5 Å². The third-order valence-electron chi connectivity index (χ3n) is 5.85. The molecule has 1 N–H and O–H groups in total. The molecule has 3 amide bonds. The predicted molar refractivity (Wildman–Crippen MR) is 100 cm³/mol. The summed E-state index contributed by atoms with van der Waals surface area (Å²) in [6.07, 6.45) is 4.38. The van der Waals surface area contributed by atoms with Crippen molar-refractivity contribution in [2.24, 2.45) is 5.92 Å². The van der Waals surface area contributed by atoms with Gasteiger partial charge in [0.15, 0.2) is 0 Å². The van der Waals surface area contributed by atoms with Crippen molar-refractivity contribution < 1.29 is 18.7 Å². The lowest BCUT2D eigenvalue weighted by molar-refractivity contribution is -0.139. The van der Waals surface area contributed by atoms with Gasteiger partial charge in [0, 0.05) is 32.4 Å². The van der Waals surface area contributed by atoms with Gasteiger partial charge >= 0.3 is 6.03 Å². The molecule has 28 heavy (non-hydrogen) atoms. The Kier molecular flexibility index (Phi) is 5.68. The van der Waals surface area contributed by atoms with Crippen molar-refractivity contribution in [2.45, 2.75) is 37.8 Å². The summed E-state index contributed by atoms with van der Waals surface area (Å²) in [7, 11) is 0. The highest BCUT2D eigenvalue weighted by molar-refractivity contribution is 6.30. The summed E-state index contributed by atoms with van der Waals surface area (Å²) in [5.74, 6) is -0.200. The lowest BCUT2D eigenvalue weighted by Crippen LogP contribution is -2.62. The lowest BCUT2D eigenvalue weighted by atomic mass is 9.92. The predicted octanol–water partition coefficient (Wildman–Crippen LogP) is 1.84. The molecular weight excluding hydrogens is 387 g/mol. The quantitative estimate of drug-likeness (QED) is 0.807. The van der Waals surface area contributed by atoms with Crippen molar-refractivity contribution >= 4 is 23.5 Å². The molecule has 1 aromatic rings. The molecule has 0 unspecified atom stereocenters. The van der Waals surface area contributed by atoms with Gasteiger partial charge in [-0.25, -0.2) is 9.18 Å². The van der Waals surface area contributed by atoms with Crippen LogP contribution in [0.2, 0.25) is 5.02 Å².